The van der Waals surface area contributed by atoms with E-state index in [1.807, 2.05) is 30.3 Å². The first kappa shape index (κ1) is 13.7. The average Bonchev–Trinajstić information content (AvgIpc) is 2.95. The van der Waals surface area contributed by atoms with Crippen LogP contribution < -0.4 is 5.73 Å². The Morgan fingerprint density at radius 2 is 2.14 bits per heavy atom. The standard InChI is InChI=1S/C15H16N4O2/c1-20-9-11(16)8-13-18-15(19-21-13)14-12-5-3-2-4-10(12)6-7-17-14/h2-7,11H,8-9,16H2,1H3. The highest BCUT2D eigenvalue weighted by Crippen LogP contribution is 2.24. The molecule has 1 unspecified atom stereocenters. The van der Waals surface area contributed by atoms with E-state index in [0.717, 1.165) is 10.8 Å². The maximum atomic E-state index is 5.89. The van der Waals surface area contributed by atoms with Gasteiger partial charge in [0.2, 0.25) is 11.7 Å². The molecular weight excluding hydrogens is 268 g/mol. The molecule has 0 fully saturated rings. The molecule has 6 nitrogen and oxygen atoms in total. The van der Waals surface area contributed by atoms with E-state index < -0.39 is 0 Å². The molecule has 21 heavy (non-hydrogen) atoms. The van der Waals surface area contributed by atoms with Crippen LogP contribution in [-0.4, -0.2) is 34.9 Å². The molecular formula is C15H16N4O2. The normalized spacial score (nSPS) is 12.7. The molecule has 2 aromatic heterocycles. The zero-order valence-electron chi connectivity index (χ0n) is 11.7. The van der Waals surface area contributed by atoms with E-state index >= 15 is 0 Å². The molecule has 0 aliphatic heterocycles. The van der Waals surface area contributed by atoms with E-state index in [4.69, 9.17) is 15.0 Å². The van der Waals surface area contributed by atoms with Crippen LogP contribution >= 0.6 is 0 Å². The molecule has 0 bridgehead atoms. The van der Waals surface area contributed by atoms with Gasteiger partial charge in [0.1, 0.15) is 5.69 Å². The Bertz CT molecular complexity index is 736. The fourth-order valence-electron chi connectivity index (χ4n) is 2.23. The first-order valence-corrected chi connectivity index (χ1v) is 6.69. The van der Waals surface area contributed by atoms with Gasteiger partial charge in [-0.1, -0.05) is 29.4 Å². The Morgan fingerprint density at radius 1 is 1.29 bits per heavy atom. The Morgan fingerprint density at radius 3 is 3.00 bits per heavy atom. The van der Waals surface area contributed by atoms with Crippen LogP contribution in [0, 0.1) is 0 Å². The van der Waals surface area contributed by atoms with E-state index in [0.29, 0.717) is 30.4 Å². The van der Waals surface area contributed by atoms with E-state index in [1.54, 1.807) is 13.3 Å². The molecule has 0 saturated carbocycles. The summed E-state index contributed by atoms with van der Waals surface area (Å²) in [6.45, 7) is 0.449. The zero-order valence-corrected chi connectivity index (χ0v) is 11.7. The summed E-state index contributed by atoms with van der Waals surface area (Å²) in [5, 5.41) is 6.09. The molecule has 1 atom stereocenters. The van der Waals surface area contributed by atoms with Crippen LogP contribution in [0.4, 0.5) is 0 Å². The van der Waals surface area contributed by atoms with Crippen LogP contribution in [0.15, 0.2) is 41.1 Å². The van der Waals surface area contributed by atoms with Crippen molar-refractivity contribution in [2.45, 2.75) is 12.5 Å². The van der Waals surface area contributed by atoms with Crippen LogP contribution in [-0.2, 0) is 11.2 Å². The summed E-state index contributed by atoms with van der Waals surface area (Å²) < 4.78 is 10.2. The molecule has 0 radical (unpaired) electrons. The maximum Gasteiger partial charge on any atom is 0.228 e. The lowest BCUT2D eigenvalue weighted by molar-refractivity contribution is 0.176. The molecule has 6 heteroatoms. The second-order valence-electron chi connectivity index (χ2n) is 4.81. The molecule has 108 valence electrons. The second-order valence-corrected chi connectivity index (χ2v) is 4.81. The zero-order chi connectivity index (χ0) is 14.7. The van der Waals surface area contributed by atoms with Crippen molar-refractivity contribution < 1.29 is 9.26 Å². The maximum absolute atomic E-state index is 5.89. The molecule has 0 aliphatic rings. The number of benzene rings is 1. The van der Waals surface area contributed by atoms with Crippen molar-refractivity contribution in [3.63, 3.8) is 0 Å². The fourth-order valence-corrected chi connectivity index (χ4v) is 2.23. The number of nitrogens with two attached hydrogens (primary N) is 1. The van der Waals surface area contributed by atoms with Crippen LogP contribution in [0.25, 0.3) is 22.3 Å². The smallest absolute Gasteiger partial charge is 0.228 e. The molecule has 3 rings (SSSR count). The van der Waals surface area contributed by atoms with Crippen molar-refractivity contribution in [3.05, 3.63) is 42.4 Å². The minimum Gasteiger partial charge on any atom is -0.383 e. The van der Waals surface area contributed by atoms with Gasteiger partial charge in [-0.05, 0) is 11.5 Å². The summed E-state index contributed by atoms with van der Waals surface area (Å²) >= 11 is 0. The Balaban J connectivity index is 1.91. The van der Waals surface area contributed by atoms with Crippen molar-refractivity contribution in [2.75, 3.05) is 13.7 Å². The summed E-state index contributed by atoms with van der Waals surface area (Å²) in [5.41, 5.74) is 6.60. The number of rotatable bonds is 5. The van der Waals surface area contributed by atoms with Crippen molar-refractivity contribution >= 4 is 10.8 Å². The molecule has 2 heterocycles. The Hall–Kier alpha value is -2.31. The van der Waals surface area contributed by atoms with Crippen LogP contribution in [0.5, 0.6) is 0 Å². The van der Waals surface area contributed by atoms with Gasteiger partial charge < -0.3 is 15.0 Å². The number of ether oxygens (including phenoxy) is 1. The third-order valence-electron chi connectivity index (χ3n) is 3.17. The largest absolute Gasteiger partial charge is 0.383 e. The lowest BCUT2D eigenvalue weighted by atomic mass is 10.1. The highest BCUT2D eigenvalue weighted by Gasteiger charge is 2.15. The summed E-state index contributed by atoms with van der Waals surface area (Å²) in [4.78, 5) is 8.74. The van der Waals surface area contributed by atoms with Gasteiger partial charge in [-0.2, -0.15) is 4.98 Å². The van der Waals surface area contributed by atoms with Gasteiger partial charge in [-0.3, -0.25) is 4.98 Å². The number of aromatic nitrogens is 3. The van der Waals surface area contributed by atoms with Crippen molar-refractivity contribution in [3.8, 4) is 11.5 Å². The topological polar surface area (TPSA) is 87.1 Å². The predicted molar refractivity (Wildman–Crippen MR) is 78.6 cm³/mol. The molecule has 0 aliphatic carbocycles. The average molecular weight is 284 g/mol. The Labute approximate surface area is 121 Å². The third-order valence-corrected chi connectivity index (χ3v) is 3.17. The highest BCUT2D eigenvalue weighted by molar-refractivity contribution is 5.92. The third kappa shape index (κ3) is 2.91. The van der Waals surface area contributed by atoms with E-state index in [9.17, 15) is 0 Å². The number of pyridine rings is 1. The van der Waals surface area contributed by atoms with E-state index in [1.165, 1.54) is 0 Å². The molecule has 3 aromatic rings. The minimum atomic E-state index is -0.163. The number of fused-ring (bicyclic) bond motifs is 1. The van der Waals surface area contributed by atoms with Crippen molar-refractivity contribution in [1.82, 2.24) is 15.1 Å². The minimum absolute atomic E-state index is 0.163. The lowest BCUT2D eigenvalue weighted by Crippen LogP contribution is -2.28. The highest BCUT2D eigenvalue weighted by atomic mass is 16.5. The fraction of sp³-hybridized carbons (Fsp3) is 0.267. The summed E-state index contributed by atoms with van der Waals surface area (Å²) in [5.74, 6) is 0.968. The summed E-state index contributed by atoms with van der Waals surface area (Å²) in [6.07, 6.45) is 2.22. The van der Waals surface area contributed by atoms with Gasteiger partial charge in [0, 0.05) is 31.2 Å². The number of hydrogen-bond donors (Lipinski definition) is 1. The first-order valence-electron chi connectivity index (χ1n) is 6.69. The van der Waals surface area contributed by atoms with E-state index in [-0.39, 0.29) is 6.04 Å². The number of hydrogen-bond acceptors (Lipinski definition) is 6. The Kier molecular flexibility index (Phi) is 3.89. The van der Waals surface area contributed by atoms with Gasteiger partial charge >= 0.3 is 0 Å². The van der Waals surface area contributed by atoms with Crippen molar-refractivity contribution in [2.24, 2.45) is 5.73 Å². The van der Waals surface area contributed by atoms with Gasteiger partial charge in [0.25, 0.3) is 0 Å². The SMILES string of the molecule is COCC(N)Cc1nc(-c2nccc3ccccc23)no1. The monoisotopic (exact) mass is 284 g/mol. The second kappa shape index (κ2) is 5.99. The van der Waals surface area contributed by atoms with Gasteiger partial charge in [-0.15, -0.1) is 0 Å². The van der Waals surface area contributed by atoms with Crippen LogP contribution in [0.3, 0.4) is 0 Å². The first-order chi connectivity index (χ1) is 10.3. The van der Waals surface area contributed by atoms with Gasteiger partial charge in [0.15, 0.2) is 0 Å². The predicted octanol–water partition coefficient (Wildman–Crippen LogP) is 1.80. The quantitative estimate of drug-likeness (QED) is 0.768. The molecule has 0 amide bonds. The summed E-state index contributed by atoms with van der Waals surface area (Å²) in [6, 6.07) is 9.75. The van der Waals surface area contributed by atoms with Gasteiger partial charge in [-0.25, -0.2) is 0 Å². The van der Waals surface area contributed by atoms with E-state index in [2.05, 4.69) is 15.1 Å². The number of nitrogens with zero attached hydrogens (tertiary/aromatic N) is 3. The molecule has 0 saturated heterocycles. The lowest BCUT2D eigenvalue weighted by Gasteiger charge is -2.05. The van der Waals surface area contributed by atoms with Crippen LogP contribution in [0.1, 0.15) is 5.89 Å². The molecule has 2 N–H and O–H groups in total. The van der Waals surface area contributed by atoms with Crippen molar-refractivity contribution in [1.29, 1.82) is 0 Å². The molecule has 1 aromatic carbocycles. The summed E-state index contributed by atoms with van der Waals surface area (Å²) in [7, 11) is 1.61. The number of methoxy groups -OCH3 is 1. The van der Waals surface area contributed by atoms with Crippen LogP contribution in [0.2, 0.25) is 0 Å². The van der Waals surface area contributed by atoms with Gasteiger partial charge in [0.05, 0.1) is 6.61 Å². The molecule has 0 spiro atoms.